The Balaban J connectivity index is 1.61. The molecule has 3 heterocycles. The van der Waals surface area contributed by atoms with Crippen LogP contribution in [0.4, 0.5) is 0 Å². The molecule has 164 valence electrons. The smallest absolute Gasteiger partial charge is 0.254 e. The van der Waals surface area contributed by atoms with Gasteiger partial charge in [-0.1, -0.05) is 18.2 Å². The molecule has 0 bridgehead atoms. The van der Waals surface area contributed by atoms with E-state index in [2.05, 4.69) is 5.32 Å². The van der Waals surface area contributed by atoms with Crippen molar-refractivity contribution in [1.29, 1.82) is 0 Å². The van der Waals surface area contributed by atoms with E-state index in [0.29, 0.717) is 35.8 Å². The lowest BCUT2D eigenvalue weighted by Gasteiger charge is -2.45. The molecular weight excluding hydrogens is 408 g/mol. The average molecular weight is 432 g/mol. The molecule has 3 aromatic rings. The summed E-state index contributed by atoms with van der Waals surface area (Å²) in [5.74, 6) is 1.12. The Hall–Kier alpha value is -3.74. The van der Waals surface area contributed by atoms with Crippen LogP contribution in [0.15, 0.2) is 59.2 Å². The minimum Gasteiger partial charge on any atom is -0.493 e. The van der Waals surface area contributed by atoms with Crippen molar-refractivity contribution in [3.8, 4) is 11.5 Å². The van der Waals surface area contributed by atoms with E-state index in [1.807, 2.05) is 41.3 Å². The Morgan fingerprint density at radius 3 is 2.62 bits per heavy atom. The number of carbonyl (C=O) groups excluding carboxylic acids is 2. The summed E-state index contributed by atoms with van der Waals surface area (Å²) in [6, 6.07) is 14.4. The lowest BCUT2D eigenvalue weighted by Crippen LogP contribution is -2.50. The molecule has 0 unspecified atom stereocenters. The lowest BCUT2D eigenvalue weighted by atomic mass is 9.75. The zero-order valence-electron chi connectivity index (χ0n) is 18.0. The highest BCUT2D eigenvalue weighted by molar-refractivity contribution is 6.01. The summed E-state index contributed by atoms with van der Waals surface area (Å²) < 4.78 is 16.4. The largest absolute Gasteiger partial charge is 0.493 e. The van der Waals surface area contributed by atoms with Crippen LogP contribution in [0.3, 0.4) is 0 Å². The summed E-state index contributed by atoms with van der Waals surface area (Å²) in [7, 11) is 3.18. The van der Waals surface area contributed by atoms with E-state index in [9.17, 15) is 9.59 Å². The Kier molecular flexibility index (Phi) is 5.09. The fourth-order valence-electron chi connectivity index (χ4n) is 4.83. The van der Waals surface area contributed by atoms with Gasteiger partial charge in [0.2, 0.25) is 5.91 Å². The third-order valence-corrected chi connectivity index (χ3v) is 6.32. The third kappa shape index (κ3) is 3.21. The maximum Gasteiger partial charge on any atom is 0.254 e. The van der Waals surface area contributed by atoms with E-state index >= 15 is 0 Å². The molecule has 0 fully saturated rings. The summed E-state index contributed by atoms with van der Waals surface area (Å²) in [6.07, 6.45) is 2.26. The predicted molar refractivity (Wildman–Crippen MR) is 117 cm³/mol. The zero-order chi connectivity index (χ0) is 22.2. The molecule has 2 aliphatic heterocycles. The number of amides is 2. The van der Waals surface area contributed by atoms with Crippen LogP contribution in [0.25, 0.3) is 0 Å². The fraction of sp³-hybridized carbons (Fsp3) is 0.280. The van der Waals surface area contributed by atoms with Crippen molar-refractivity contribution in [3.63, 3.8) is 0 Å². The number of hydrogen-bond acceptors (Lipinski definition) is 5. The van der Waals surface area contributed by atoms with Gasteiger partial charge in [-0.05, 0) is 53.4 Å². The van der Waals surface area contributed by atoms with Gasteiger partial charge in [-0.3, -0.25) is 9.59 Å². The molecule has 0 aliphatic carbocycles. The maximum absolute atomic E-state index is 13.6. The number of fused-ring (bicyclic) bond motifs is 4. The van der Waals surface area contributed by atoms with Gasteiger partial charge in [0.1, 0.15) is 5.76 Å². The SMILES string of the molecule is COc1cc2c(cc1OC)[C@H]1[C@H](C(=O)NCc3ccco3)c3ccccc3C(=O)N1CC2. The highest BCUT2D eigenvalue weighted by Gasteiger charge is 2.46. The minimum absolute atomic E-state index is 0.0545. The van der Waals surface area contributed by atoms with Crippen molar-refractivity contribution in [3.05, 3.63) is 82.8 Å². The first-order valence-electron chi connectivity index (χ1n) is 10.6. The molecule has 2 aliphatic rings. The molecule has 1 aromatic heterocycles. The van der Waals surface area contributed by atoms with Crippen molar-refractivity contribution in [2.24, 2.45) is 0 Å². The number of rotatable bonds is 5. The average Bonchev–Trinajstić information content (AvgIpc) is 3.35. The van der Waals surface area contributed by atoms with Gasteiger partial charge in [-0.15, -0.1) is 0 Å². The Morgan fingerprint density at radius 2 is 1.88 bits per heavy atom. The molecule has 0 spiro atoms. The van der Waals surface area contributed by atoms with Crippen molar-refractivity contribution in [2.45, 2.75) is 24.9 Å². The van der Waals surface area contributed by atoms with Gasteiger partial charge >= 0.3 is 0 Å². The molecule has 7 nitrogen and oxygen atoms in total. The zero-order valence-corrected chi connectivity index (χ0v) is 18.0. The van der Waals surface area contributed by atoms with E-state index in [0.717, 1.165) is 16.7 Å². The van der Waals surface area contributed by atoms with Gasteiger partial charge in [-0.2, -0.15) is 0 Å². The highest BCUT2D eigenvalue weighted by Crippen LogP contribution is 2.48. The molecule has 0 radical (unpaired) electrons. The summed E-state index contributed by atoms with van der Waals surface area (Å²) >= 11 is 0. The second kappa shape index (κ2) is 8.07. The first kappa shape index (κ1) is 20.2. The van der Waals surface area contributed by atoms with Gasteiger partial charge < -0.3 is 24.1 Å². The predicted octanol–water partition coefficient (Wildman–Crippen LogP) is 3.45. The second-order valence-electron chi connectivity index (χ2n) is 7.96. The van der Waals surface area contributed by atoms with Crippen LogP contribution in [-0.2, 0) is 17.8 Å². The van der Waals surface area contributed by atoms with E-state index in [-0.39, 0.29) is 18.4 Å². The Morgan fingerprint density at radius 1 is 1.09 bits per heavy atom. The number of furan rings is 1. The van der Waals surface area contributed by atoms with Crippen LogP contribution in [0.5, 0.6) is 11.5 Å². The summed E-state index contributed by atoms with van der Waals surface area (Å²) in [4.78, 5) is 28.7. The Bertz CT molecular complexity index is 1170. The van der Waals surface area contributed by atoms with Crippen LogP contribution >= 0.6 is 0 Å². The maximum atomic E-state index is 13.6. The standard InChI is InChI=1S/C25H24N2O5/c1-30-20-12-15-9-10-27-23(19(15)13-21(20)31-2)22(17-7-3-4-8-18(17)25(27)29)24(28)26-14-16-6-5-11-32-16/h3-8,11-13,22-23H,9-10,14H2,1-2H3,(H,26,28)/t22-,23+/m1/s1. The fourth-order valence-corrected chi connectivity index (χ4v) is 4.83. The quantitative estimate of drug-likeness (QED) is 0.668. The minimum atomic E-state index is -0.559. The van der Waals surface area contributed by atoms with Crippen molar-refractivity contribution >= 4 is 11.8 Å². The molecule has 2 aromatic carbocycles. The van der Waals surface area contributed by atoms with Gasteiger partial charge in [-0.25, -0.2) is 0 Å². The van der Waals surface area contributed by atoms with Crippen LogP contribution in [0, 0.1) is 0 Å². The van der Waals surface area contributed by atoms with Crippen molar-refractivity contribution in [2.75, 3.05) is 20.8 Å². The summed E-state index contributed by atoms with van der Waals surface area (Å²) in [5.41, 5.74) is 3.28. The van der Waals surface area contributed by atoms with Crippen molar-refractivity contribution < 1.29 is 23.5 Å². The van der Waals surface area contributed by atoms with Crippen LogP contribution in [-0.4, -0.2) is 37.5 Å². The van der Waals surface area contributed by atoms with Crippen LogP contribution < -0.4 is 14.8 Å². The number of hydrogen-bond donors (Lipinski definition) is 1. The van der Waals surface area contributed by atoms with Gasteiger partial charge in [0, 0.05) is 12.1 Å². The number of ether oxygens (including phenoxy) is 2. The number of nitrogens with one attached hydrogen (secondary N) is 1. The molecule has 0 saturated heterocycles. The molecule has 0 saturated carbocycles. The highest BCUT2D eigenvalue weighted by atomic mass is 16.5. The van der Waals surface area contributed by atoms with Gasteiger partial charge in [0.25, 0.3) is 5.91 Å². The number of carbonyl (C=O) groups is 2. The second-order valence-corrected chi connectivity index (χ2v) is 7.96. The molecular formula is C25H24N2O5. The number of nitrogens with zero attached hydrogens (tertiary/aromatic N) is 1. The number of methoxy groups -OCH3 is 2. The van der Waals surface area contributed by atoms with E-state index in [1.165, 1.54) is 0 Å². The van der Waals surface area contributed by atoms with Gasteiger partial charge in [0.15, 0.2) is 11.5 Å². The first-order valence-corrected chi connectivity index (χ1v) is 10.6. The normalized spacial score (nSPS) is 18.9. The molecule has 2 atom stereocenters. The van der Waals surface area contributed by atoms with Gasteiger partial charge in [0.05, 0.1) is 39.0 Å². The third-order valence-electron chi connectivity index (χ3n) is 6.32. The molecule has 32 heavy (non-hydrogen) atoms. The first-order chi connectivity index (χ1) is 15.6. The molecule has 2 amide bonds. The van der Waals surface area contributed by atoms with E-state index < -0.39 is 12.0 Å². The molecule has 7 heteroatoms. The summed E-state index contributed by atoms with van der Waals surface area (Å²) in [5, 5.41) is 3.00. The lowest BCUT2D eigenvalue weighted by molar-refractivity contribution is -0.124. The van der Waals surface area contributed by atoms with E-state index in [1.54, 1.807) is 32.6 Å². The monoisotopic (exact) mass is 432 g/mol. The number of benzene rings is 2. The van der Waals surface area contributed by atoms with E-state index in [4.69, 9.17) is 13.9 Å². The topological polar surface area (TPSA) is 81.0 Å². The summed E-state index contributed by atoms with van der Waals surface area (Å²) in [6.45, 7) is 0.812. The van der Waals surface area contributed by atoms with Crippen molar-refractivity contribution in [1.82, 2.24) is 10.2 Å². The van der Waals surface area contributed by atoms with Crippen LogP contribution in [0.2, 0.25) is 0 Å². The molecule has 5 rings (SSSR count). The molecule has 1 N–H and O–H groups in total. The Labute approximate surface area is 185 Å². The van der Waals surface area contributed by atoms with Crippen LogP contribution in [0.1, 0.15) is 44.8 Å².